The number of rotatable bonds is 2. The van der Waals surface area contributed by atoms with Gasteiger partial charge in [0.2, 0.25) is 0 Å². The number of carbonyl (C=O) groups excluding carboxylic acids is 1. The number of nitrogens with zero attached hydrogens (tertiary/aromatic N) is 3. The summed E-state index contributed by atoms with van der Waals surface area (Å²) in [5.74, 6) is -0.0373. The quantitative estimate of drug-likeness (QED) is 0.479. The number of pyridine rings is 2. The molecule has 3 heterocycles. The summed E-state index contributed by atoms with van der Waals surface area (Å²) in [5, 5.41) is 1.34. The Labute approximate surface area is 167 Å². The van der Waals surface area contributed by atoms with Crippen molar-refractivity contribution in [3.05, 3.63) is 89.2 Å². The van der Waals surface area contributed by atoms with E-state index in [0.717, 1.165) is 34.3 Å². The Balaban J connectivity index is 1.69. The fourth-order valence-corrected chi connectivity index (χ4v) is 3.90. The molecule has 1 aliphatic rings. The van der Waals surface area contributed by atoms with Gasteiger partial charge < -0.3 is 4.90 Å². The number of fused-ring (bicyclic) bond motifs is 2. The van der Waals surface area contributed by atoms with Crippen LogP contribution in [0, 0.1) is 0 Å². The van der Waals surface area contributed by atoms with Gasteiger partial charge in [0.1, 0.15) is 0 Å². The van der Waals surface area contributed by atoms with Gasteiger partial charge in [0.25, 0.3) is 5.91 Å². The van der Waals surface area contributed by atoms with Gasteiger partial charge >= 0.3 is 0 Å². The van der Waals surface area contributed by atoms with Crippen molar-refractivity contribution in [3.63, 3.8) is 0 Å². The van der Waals surface area contributed by atoms with Crippen LogP contribution in [0.3, 0.4) is 0 Å². The van der Waals surface area contributed by atoms with E-state index in [2.05, 4.69) is 11.1 Å². The zero-order valence-corrected chi connectivity index (χ0v) is 15.7. The first-order valence-corrected chi connectivity index (χ1v) is 9.49. The Morgan fingerprint density at radius 1 is 1.04 bits per heavy atom. The van der Waals surface area contributed by atoms with Crippen LogP contribution in [-0.4, -0.2) is 22.4 Å². The number of carbonyl (C=O) groups is 1. The third-order valence-corrected chi connectivity index (χ3v) is 5.33. The topological polar surface area (TPSA) is 46.1 Å². The first kappa shape index (κ1) is 16.9. The summed E-state index contributed by atoms with van der Waals surface area (Å²) in [6.07, 6.45) is 4.34. The van der Waals surface area contributed by atoms with Gasteiger partial charge in [0.15, 0.2) is 0 Å². The molecule has 28 heavy (non-hydrogen) atoms. The van der Waals surface area contributed by atoms with E-state index in [4.69, 9.17) is 16.6 Å². The molecule has 1 amide bonds. The molecule has 0 bridgehead atoms. The monoisotopic (exact) mass is 385 g/mol. The minimum absolute atomic E-state index is 0.0373. The number of hydrogen-bond donors (Lipinski definition) is 0. The zero-order valence-electron chi connectivity index (χ0n) is 15.0. The smallest absolute Gasteiger partial charge is 0.259 e. The number of halogens is 1. The lowest BCUT2D eigenvalue weighted by molar-refractivity contribution is 0.0991. The molecule has 136 valence electrons. The third-order valence-electron chi connectivity index (χ3n) is 5.09. The Bertz CT molecular complexity index is 1210. The van der Waals surface area contributed by atoms with Crippen molar-refractivity contribution in [1.29, 1.82) is 0 Å². The molecule has 0 spiro atoms. The van der Waals surface area contributed by atoms with E-state index in [-0.39, 0.29) is 5.91 Å². The first-order valence-electron chi connectivity index (χ1n) is 9.11. The van der Waals surface area contributed by atoms with Crippen molar-refractivity contribution >= 4 is 34.1 Å². The van der Waals surface area contributed by atoms with Crippen molar-refractivity contribution in [1.82, 2.24) is 9.97 Å². The summed E-state index contributed by atoms with van der Waals surface area (Å²) in [7, 11) is 0. The van der Waals surface area contributed by atoms with Crippen LogP contribution < -0.4 is 4.90 Å². The molecule has 1 aliphatic heterocycles. The molecule has 2 aromatic heterocycles. The molecule has 0 unspecified atom stereocenters. The maximum atomic E-state index is 13.6. The summed E-state index contributed by atoms with van der Waals surface area (Å²) in [6.45, 7) is 0.671. The minimum Gasteiger partial charge on any atom is -0.308 e. The number of aromatic nitrogens is 2. The summed E-state index contributed by atoms with van der Waals surface area (Å²) >= 11 is 6.23. The van der Waals surface area contributed by atoms with E-state index >= 15 is 0 Å². The summed E-state index contributed by atoms with van der Waals surface area (Å²) in [4.78, 5) is 24.3. The Morgan fingerprint density at radius 2 is 1.93 bits per heavy atom. The number of hydrogen-bond acceptors (Lipinski definition) is 3. The molecular weight excluding hydrogens is 370 g/mol. The molecule has 5 rings (SSSR count). The van der Waals surface area contributed by atoms with E-state index in [9.17, 15) is 4.79 Å². The van der Waals surface area contributed by atoms with Gasteiger partial charge in [-0.15, -0.1) is 0 Å². The maximum Gasteiger partial charge on any atom is 0.259 e. The molecule has 0 radical (unpaired) electrons. The molecular formula is C23H16ClN3O. The SMILES string of the molecule is O=C(c1cc(-c2cccnc2)nc2ccc(Cl)cc12)N1CCc2ccccc21. The fraction of sp³-hybridized carbons (Fsp3) is 0.0870. The predicted octanol–water partition coefficient (Wildman–Crippen LogP) is 5.15. The van der Waals surface area contributed by atoms with Crippen molar-refractivity contribution in [2.75, 3.05) is 11.4 Å². The molecule has 0 saturated carbocycles. The zero-order chi connectivity index (χ0) is 19.1. The van der Waals surface area contributed by atoms with Gasteiger partial charge in [-0.25, -0.2) is 4.98 Å². The molecule has 4 nitrogen and oxygen atoms in total. The number of benzene rings is 2. The van der Waals surface area contributed by atoms with Gasteiger partial charge in [-0.1, -0.05) is 29.8 Å². The standard InChI is InChI=1S/C23H16ClN3O/c24-17-7-8-20-18(12-17)19(13-21(26-20)16-5-3-10-25-14-16)23(28)27-11-9-15-4-1-2-6-22(15)27/h1-8,10,12-14H,9,11H2. The van der Waals surface area contributed by atoms with E-state index in [0.29, 0.717) is 17.1 Å². The Morgan fingerprint density at radius 3 is 2.79 bits per heavy atom. The molecule has 0 aliphatic carbocycles. The number of anilines is 1. The normalized spacial score (nSPS) is 13.0. The van der Waals surface area contributed by atoms with Crippen LogP contribution in [0.2, 0.25) is 5.02 Å². The molecule has 0 saturated heterocycles. The van der Waals surface area contributed by atoms with E-state index < -0.39 is 0 Å². The highest BCUT2D eigenvalue weighted by Gasteiger charge is 2.27. The minimum atomic E-state index is -0.0373. The first-order chi connectivity index (χ1) is 13.7. The lowest BCUT2D eigenvalue weighted by Gasteiger charge is -2.19. The molecule has 0 N–H and O–H groups in total. The Hall–Kier alpha value is -3.24. The second-order valence-electron chi connectivity index (χ2n) is 6.79. The Kier molecular flexibility index (Phi) is 4.06. The second kappa shape index (κ2) is 6.73. The van der Waals surface area contributed by atoms with Crippen LogP contribution >= 0.6 is 11.6 Å². The van der Waals surface area contributed by atoms with Crippen molar-refractivity contribution in [2.45, 2.75) is 6.42 Å². The summed E-state index contributed by atoms with van der Waals surface area (Å²) < 4.78 is 0. The number of amides is 1. The summed E-state index contributed by atoms with van der Waals surface area (Å²) in [6, 6.07) is 19.2. The van der Waals surface area contributed by atoms with Gasteiger partial charge in [-0.2, -0.15) is 0 Å². The second-order valence-corrected chi connectivity index (χ2v) is 7.23. The van der Waals surface area contributed by atoms with Gasteiger partial charge in [-0.3, -0.25) is 9.78 Å². The van der Waals surface area contributed by atoms with Gasteiger partial charge in [-0.05, 0) is 54.4 Å². The largest absolute Gasteiger partial charge is 0.308 e. The molecule has 0 atom stereocenters. The number of para-hydroxylation sites is 1. The van der Waals surface area contributed by atoms with E-state index in [1.807, 2.05) is 53.4 Å². The maximum absolute atomic E-state index is 13.6. The van der Waals surface area contributed by atoms with E-state index in [1.54, 1.807) is 18.5 Å². The molecule has 0 fully saturated rings. The van der Waals surface area contributed by atoms with Crippen LogP contribution in [0.5, 0.6) is 0 Å². The van der Waals surface area contributed by atoms with Crippen LogP contribution in [0.4, 0.5) is 5.69 Å². The van der Waals surface area contributed by atoms with Crippen LogP contribution in [0.15, 0.2) is 73.1 Å². The predicted molar refractivity (Wildman–Crippen MR) is 112 cm³/mol. The van der Waals surface area contributed by atoms with Gasteiger partial charge in [0, 0.05) is 40.6 Å². The van der Waals surface area contributed by atoms with Crippen LogP contribution in [-0.2, 0) is 6.42 Å². The molecule has 2 aromatic carbocycles. The fourth-order valence-electron chi connectivity index (χ4n) is 3.73. The van der Waals surface area contributed by atoms with Crippen molar-refractivity contribution in [2.24, 2.45) is 0 Å². The molecule has 5 heteroatoms. The third kappa shape index (κ3) is 2.83. The highest BCUT2D eigenvalue weighted by atomic mass is 35.5. The lowest BCUT2D eigenvalue weighted by atomic mass is 10.0. The van der Waals surface area contributed by atoms with Crippen LogP contribution in [0.25, 0.3) is 22.2 Å². The average molecular weight is 386 g/mol. The summed E-state index contributed by atoms with van der Waals surface area (Å²) in [5.41, 5.74) is 5.10. The highest BCUT2D eigenvalue weighted by molar-refractivity contribution is 6.31. The highest BCUT2D eigenvalue weighted by Crippen LogP contribution is 2.32. The average Bonchev–Trinajstić information content (AvgIpc) is 3.17. The van der Waals surface area contributed by atoms with E-state index in [1.165, 1.54) is 5.56 Å². The van der Waals surface area contributed by atoms with Crippen molar-refractivity contribution < 1.29 is 4.79 Å². The molecule has 4 aromatic rings. The van der Waals surface area contributed by atoms with Gasteiger partial charge in [0.05, 0.1) is 16.8 Å². The van der Waals surface area contributed by atoms with Crippen molar-refractivity contribution in [3.8, 4) is 11.3 Å². The van der Waals surface area contributed by atoms with Crippen LogP contribution in [0.1, 0.15) is 15.9 Å². The lowest BCUT2D eigenvalue weighted by Crippen LogP contribution is -2.29.